The molecule has 1 unspecified atom stereocenters. The highest BCUT2D eigenvalue weighted by Crippen LogP contribution is 2.31. The number of guanidine groups is 1. The van der Waals surface area contributed by atoms with E-state index in [1.807, 2.05) is 20.8 Å². The van der Waals surface area contributed by atoms with E-state index < -0.39 is 5.60 Å². The van der Waals surface area contributed by atoms with Crippen LogP contribution in [0.3, 0.4) is 0 Å². The van der Waals surface area contributed by atoms with E-state index in [1.165, 1.54) is 19.3 Å². The van der Waals surface area contributed by atoms with Gasteiger partial charge in [0.05, 0.1) is 0 Å². The summed E-state index contributed by atoms with van der Waals surface area (Å²) in [4.78, 5) is 18.3. The van der Waals surface area contributed by atoms with Crippen molar-refractivity contribution >= 4 is 36.0 Å². The van der Waals surface area contributed by atoms with E-state index in [0.717, 1.165) is 37.8 Å². The number of piperidine rings is 1. The molecule has 1 heterocycles. The molecule has 2 fully saturated rings. The molecule has 0 aromatic carbocycles. The summed E-state index contributed by atoms with van der Waals surface area (Å²) in [5, 5.41) is 6.81. The highest BCUT2D eigenvalue weighted by Gasteiger charge is 2.28. The molecule has 2 N–H and O–H groups in total. The Morgan fingerprint density at radius 2 is 2.00 bits per heavy atom. The largest absolute Gasteiger partial charge is 0.444 e. The number of hydrogen-bond donors (Lipinski definition) is 2. The predicted molar refractivity (Wildman–Crippen MR) is 108 cm³/mol. The van der Waals surface area contributed by atoms with Gasteiger partial charge in [0, 0.05) is 32.7 Å². The zero-order valence-corrected chi connectivity index (χ0v) is 17.8. The fourth-order valence-electron chi connectivity index (χ4n) is 2.78. The Balaban J connectivity index is 0.00000288. The monoisotopic (exact) mass is 452 g/mol. The highest BCUT2D eigenvalue weighted by molar-refractivity contribution is 14.0. The number of halogens is 1. The van der Waals surface area contributed by atoms with E-state index in [4.69, 9.17) is 4.74 Å². The van der Waals surface area contributed by atoms with Crippen LogP contribution in [0.2, 0.25) is 0 Å². The van der Waals surface area contributed by atoms with Crippen molar-refractivity contribution in [2.75, 3.05) is 26.7 Å². The molecule has 2 rings (SSSR count). The Morgan fingerprint density at radius 3 is 2.58 bits per heavy atom. The van der Waals surface area contributed by atoms with Gasteiger partial charge in [0.1, 0.15) is 5.60 Å². The molecule has 1 saturated heterocycles. The van der Waals surface area contributed by atoms with Crippen LogP contribution in [0.25, 0.3) is 0 Å². The van der Waals surface area contributed by atoms with Gasteiger partial charge in [-0.25, -0.2) is 4.79 Å². The SMILES string of the molecule is CN=C(NCCC1CC1)NC1CCCN(C(=O)OC(C)(C)C)C1.I. The van der Waals surface area contributed by atoms with E-state index in [-0.39, 0.29) is 36.1 Å². The molecule has 1 aliphatic carbocycles. The van der Waals surface area contributed by atoms with Crippen molar-refractivity contribution in [3.63, 3.8) is 0 Å². The molecular formula is C17H33IN4O2. The molecule has 1 saturated carbocycles. The number of aliphatic imine (C=N–C) groups is 1. The maximum absolute atomic E-state index is 12.2. The van der Waals surface area contributed by atoms with Crippen molar-refractivity contribution in [1.82, 2.24) is 15.5 Å². The first kappa shape index (κ1) is 21.3. The van der Waals surface area contributed by atoms with Gasteiger partial charge in [0.2, 0.25) is 0 Å². The fourth-order valence-corrected chi connectivity index (χ4v) is 2.78. The van der Waals surface area contributed by atoms with Gasteiger partial charge in [-0.15, -0.1) is 24.0 Å². The predicted octanol–water partition coefficient (Wildman–Crippen LogP) is 2.97. The molecule has 140 valence electrons. The van der Waals surface area contributed by atoms with E-state index in [1.54, 1.807) is 11.9 Å². The molecule has 0 bridgehead atoms. The quantitative estimate of drug-likeness (QED) is 0.391. The van der Waals surface area contributed by atoms with Crippen molar-refractivity contribution in [1.29, 1.82) is 0 Å². The fraction of sp³-hybridized carbons (Fsp3) is 0.882. The molecule has 6 nitrogen and oxygen atoms in total. The zero-order chi connectivity index (χ0) is 16.9. The number of likely N-dealkylation sites (tertiary alicyclic amines) is 1. The smallest absolute Gasteiger partial charge is 0.410 e. The Labute approximate surface area is 163 Å². The number of amides is 1. The minimum Gasteiger partial charge on any atom is -0.444 e. The van der Waals surface area contributed by atoms with E-state index >= 15 is 0 Å². The first-order valence-corrected chi connectivity index (χ1v) is 8.82. The third kappa shape index (κ3) is 7.90. The molecule has 1 aliphatic heterocycles. The number of carbonyl (C=O) groups is 1. The zero-order valence-electron chi connectivity index (χ0n) is 15.4. The molecule has 0 spiro atoms. The van der Waals surface area contributed by atoms with Gasteiger partial charge < -0.3 is 20.3 Å². The van der Waals surface area contributed by atoms with Gasteiger partial charge in [0.25, 0.3) is 0 Å². The first-order chi connectivity index (χ1) is 10.9. The average molecular weight is 452 g/mol. The second kappa shape index (κ2) is 9.68. The number of nitrogens with one attached hydrogen (secondary N) is 2. The minimum atomic E-state index is -0.447. The number of nitrogens with zero attached hydrogens (tertiary/aromatic N) is 2. The summed E-state index contributed by atoms with van der Waals surface area (Å²) in [6, 6.07) is 0.225. The first-order valence-electron chi connectivity index (χ1n) is 8.82. The van der Waals surface area contributed by atoms with Crippen LogP contribution in [0, 0.1) is 5.92 Å². The highest BCUT2D eigenvalue weighted by atomic mass is 127. The minimum absolute atomic E-state index is 0. The second-order valence-electron chi connectivity index (χ2n) is 7.64. The molecule has 1 atom stereocenters. The topological polar surface area (TPSA) is 66.0 Å². The van der Waals surface area contributed by atoms with Crippen molar-refractivity contribution in [2.24, 2.45) is 10.9 Å². The lowest BCUT2D eigenvalue weighted by molar-refractivity contribution is 0.0193. The third-order valence-corrected chi connectivity index (χ3v) is 4.18. The van der Waals surface area contributed by atoms with Crippen molar-refractivity contribution in [3.8, 4) is 0 Å². The van der Waals surface area contributed by atoms with Crippen LogP contribution < -0.4 is 10.6 Å². The van der Waals surface area contributed by atoms with Gasteiger partial charge in [-0.1, -0.05) is 12.8 Å². The van der Waals surface area contributed by atoms with Crippen LogP contribution in [0.4, 0.5) is 4.79 Å². The summed E-state index contributed by atoms with van der Waals surface area (Å²) in [7, 11) is 1.79. The number of carbonyl (C=O) groups excluding carboxylic acids is 1. The summed E-state index contributed by atoms with van der Waals surface area (Å²) in [6.45, 7) is 8.09. The molecule has 0 aromatic heterocycles. The molecule has 24 heavy (non-hydrogen) atoms. The molecule has 2 aliphatic rings. The van der Waals surface area contributed by atoms with Gasteiger partial charge in [-0.3, -0.25) is 4.99 Å². The van der Waals surface area contributed by atoms with Gasteiger partial charge >= 0.3 is 6.09 Å². The van der Waals surface area contributed by atoms with Crippen LogP contribution in [0.1, 0.15) is 52.9 Å². The summed E-state index contributed by atoms with van der Waals surface area (Å²) < 4.78 is 5.47. The molecule has 0 radical (unpaired) electrons. The average Bonchev–Trinajstić information content (AvgIpc) is 3.29. The Hall–Kier alpha value is -0.730. The van der Waals surface area contributed by atoms with Gasteiger partial charge in [-0.05, 0) is 46.0 Å². The van der Waals surface area contributed by atoms with Gasteiger partial charge in [-0.2, -0.15) is 0 Å². The molecular weight excluding hydrogens is 419 g/mol. The standard InChI is InChI=1S/C17H32N4O2.HI/c1-17(2,3)23-16(22)21-11-5-6-14(12-21)20-15(18-4)19-10-9-13-7-8-13;/h13-14H,5-12H2,1-4H3,(H2,18,19,20);1H. The van der Waals surface area contributed by atoms with E-state index in [2.05, 4.69) is 15.6 Å². The summed E-state index contributed by atoms with van der Waals surface area (Å²) in [5.74, 6) is 1.75. The number of hydrogen-bond acceptors (Lipinski definition) is 3. The second-order valence-corrected chi connectivity index (χ2v) is 7.64. The molecule has 7 heteroatoms. The molecule has 0 aromatic rings. The summed E-state index contributed by atoms with van der Waals surface area (Å²) in [5.41, 5.74) is -0.447. The Bertz CT molecular complexity index is 433. The van der Waals surface area contributed by atoms with E-state index in [0.29, 0.717) is 6.54 Å². The van der Waals surface area contributed by atoms with Crippen molar-refractivity contribution in [3.05, 3.63) is 0 Å². The molecule has 1 amide bonds. The lowest BCUT2D eigenvalue weighted by atomic mass is 10.1. The van der Waals surface area contributed by atoms with Crippen LogP contribution >= 0.6 is 24.0 Å². The van der Waals surface area contributed by atoms with Gasteiger partial charge in [0.15, 0.2) is 5.96 Å². The van der Waals surface area contributed by atoms with Crippen LogP contribution in [-0.2, 0) is 4.74 Å². The van der Waals surface area contributed by atoms with Crippen molar-refractivity contribution < 1.29 is 9.53 Å². The lowest BCUT2D eigenvalue weighted by Crippen LogP contribution is -2.53. The van der Waals surface area contributed by atoms with Crippen molar-refractivity contribution in [2.45, 2.75) is 64.5 Å². The third-order valence-electron chi connectivity index (χ3n) is 4.18. The number of rotatable bonds is 4. The maximum Gasteiger partial charge on any atom is 0.410 e. The maximum atomic E-state index is 12.2. The Morgan fingerprint density at radius 1 is 1.29 bits per heavy atom. The number of ether oxygens (including phenoxy) is 1. The van der Waals surface area contributed by atoms with Crippen LogP contribution in [0.5, 0.6) is 0 Å². The lowest BCUT2D eigenvalue weighted by Gasteiger charge is -2.35. The summed E-state index contributed by atoms with van der Waals surface area (Å²) in [6.07, 6.45) is 5.77. The summed E-state index contributed by atoms with van der Waals surface area (Å²) >= 11 is 0. The normalized spacial score (nSPS) is 21.8. The van der Waals surface area contributed by atoms with Crippen LogP contribution in [-0.4, -0.2) is 55.3 Å². The van der Waals surface area contributed by atoms with E-state index in [9.17, 15) is 4.79 Å². The Kier molecular flexibility index (Phi) is 8.59. The van der Waals surface area contributed by atoms with Crippen LogP contribution in [0.15, 0.2) is 4.99 Å².